The number of nitrogens with one attached hydrogen (secondary N) is 1. The summed E-state index contributed by atoms with van der Waals surface area (Å²) in [5.74, 6) is -0.918. The molecule has 0 spiro atoms. The second-order valence-electron chi connectivity index (χ2n) is 6.10. The molecular weight excluding hydrogens is 270 g/mol. The smallest absolute Gasteiger partial charge is 0.314 e. The third-order valence-corrected chi connectivity index (χ3v) is 4.55. The van der Waals surface area contributed by atoms with Crippen molar-refractivity contribution < 1.29 is 19.4 Å². The van der Waals surface area contributed by atoms with Crippen LogP contribution >= 0.6 is 0 Å². The number of hydrogen-bond acceptors (Lipinski definition) is 3. The maximum absolute atomic E-state index is 12.2. The van der Waals surface area contributed by atoms with Crippen molar-refractivity contribution in [3.05, 3.63) is 29.8 Å². The first-order chi connectivity index (χ1) is 9.96. The van der Waals surface area contributed by atoms with Crippen LogP contribution in [0.1, 0.15) is 38.2 Å². The lowest BCUT2D eigenvalue weighted by atomic mass is 9.96. The topological polar surface area (TPSA) is 75.6 Å². The average Bonchev–Trinajstić information content (AvgIpc) is 3.16. The fourth-order valence-corrected chi connectivity index (χ4v) is 2.85. The minimum Gasteiger partial charge on any atom is -0.481 e. The molecule has 1 heterocycles. The van der Waals surface area contributed by atoms with Gasteiger partial charge in [-0.3, -0.25) is 9.59 Å². The summed E-state index contributed by atoms with van der Waals surface area (Å²) in [4.78, 5) is 23.5. The molecule has 2 N–H and O–H groups in total. The SMILES string of the molecule is CC1(C(=O)Nc2ccc(C3(C(=O)O)CC3)cc2)CCCO1. The zero-order valence-corrected chi connectivity index (χ0v) is 12.0. The van der Waals surface area contributed by atoms with Crippen LogP contribution in [0, 0.1) is 0 Å². The van der Waals surface area contributed by atoms with Crippen molar-refractivity contribution in [1.29, 1.82) is 0 Å². The number of ether oxygens (including phenoxy) is 1. The molecular formula is C16H19NO4. The summed E-state index contributed by atoms with van der Waals surface area (Å²) < 4.78 is 5.50. The van der Waals surface area contributed by atoms with Gasteiger partial charge in [-0.05, 0) is 50.3 Å². The number of carboxylic acids is 1. The number of carboxylic acid groups (broad SMARTS) is 1. The van der Waals surface area contributed by atoms with Crippen LogP contribution in [0.5, 0.6) is 0 Å². The van der Waals surface area contributed by atoms with E-state index in [9.17, 15) is 14.7 Å². The monoisotopic (exact) mass is 289 g/mol. The van der Waals surface area contributed by atoms with Crippen LogP contribution in [0.2, 0.25) is 0 Å². The van der Waals surface area contributed by atoms with E-state index in [1.54, 1.807) is 31.2 Å². The molecule has 1 amide bonds. The summed E-state index contributed by atoms with van der Waals surface area (Å²) in [6.07, 6.45) is 2.98. The van der Waals surface area contributed by atoms with Gasteiger partial charge in [0.05, 0.1) is 5.41 Å². The number of amides is 1. The van der Waals surface area contributed by atoms with Crippen LogP contribution in [0.3, 0.4) is 0 Å². The van der Waals surface area contributed by atoms with Gasteiger partial charge in [0.15, 0.2) is 0 Å². The van der Waals surface area contributed by atoms with Crippen LogP contribution < -0.4 is 5.32 Å². The van der Waals surface area contributed by atoms with Gasteiger partial charge in [0, 0.05) is 12.3 Å². The van der Waals surface area contributed by atoms with E-state index in [0.717, 1.165) is 18.4 Å². The Kier molecular flexibility index (Phi) is 3.24. The Morgan fingerprint density at radius 1 is 1.19 bits per heavy atom. The van der Waals surface area contributed by atoms with Crippen molar-refractivity contribution in [2.75, 3.05) is 11.9 Å². The normalized spacial score (nSPS) is 26.3. The van der Waals surface area contributed by atoms with E-state index < -0.39 is 17.0 Å². The van der Waals surface area contributed by atoms with Crippen LogP contribution in [-0.2, 0) is 19.7 Å². The third-order valence-electron chi connectivity index (χ3n) is 4.55. The minimum absolute atomic E-state index is 0.146. The summed E-state index contributed by atoms with van der Waals surface area (Å²) in [6, 6.07) is 7.09. The van der Waals surface area contributed by atoms with Crippen LogP contribution in [-0.4, -0.2) is 29.2 Å². The van der Waals surface area contributed by atoms with Gasteiger partial charge < -0.3 is 15.2 Å². The van der Waals surface area contributed by atoms with Crippen molar-refractivity contribution in [2.45, 2.75) is 43.6 Å². The molecule has 1 atom stereocenters. The van der Waals surface area contributed by atoms with Crippen LogP contribution in [0.25, 0.3) is 0 Å². The molecule has 2 aliphatic rings. The van der Waals surface area contributed by atoms with E-state index in [-0.39, 0.29) is 5.91 Å². The minimum atomic E-state index is -0.772. The molecule has 1 aromatic rings. The van der Waals surface area contributed by atoms with Crippen LogP contribution in [0.15, 0.2) is 24.3 Å². The van der Waals surface area contributed by atoms with Crippen molar-refractivity contribution in [2.24, 2.45) is 0 Å². The number of anilines is 1. The lowest BCUT2D eigenvalue weighted by Crippen LogP contribution is -2.39. The zero-order valence-electron chi connectivity index (χ0n) is 12.0. The highest BCUT2D eigenvalue weighted by molar-refractivity contribution is 5.97. The van der Waals surface area contributed by atoms with E-state index in [4.69, 9.17) is 4.74 Å². The Morgan fingerprint density at radius 3 is 2.33 bits per heavy atom. The molecule has 0 bridgehead atoms. The largest absolute Gasteiger partial charge is 0.481 e. The first kappa shape index (κ1) is 14.1. The van der Waals surface area contributed by atoms with Crippen LogP contribution in [0.4, 0.5) is 5.69 Å². The zero-order chi connectivity index (χ0) is 15.1. The number of hydrogen-bond donors (Lipinski definition) is 2. The van der Waals surface area contributed by atoms with E-state index in [2.05, 4.69) is 5.32 Å². The predicted octanol–water partition coefficient (Wildman–Crippen LogP) is 2.31. The Hall–Kier alpha value is -1.88. The van der Waals surface area contributed by atoms with Gasteiger partial charge in [-0.2, -0.15) is 0 Å². The van der Waals surface area contributed by atoms with Crippen molar-refractivity contribution in [3.63, 3.8) is 0 Å². The first-order valence-corrected chi connectivity index (χ1v) is 7.26. The summed E-state index contributed by atoms with van der Waals surface area (Å²) in [5.41, 5.74) is 0.0126. The molecule has 5 nitrogen and oxygen atoms in total. The van der Waals surface area contributed by atoms with E-state index in [0.29, 0.717) is 25.1 Å². The molecule has 3 rings (SSSR count). The molecule has 1 aliphatic carbocycles. The fraction of sp³-hybridized carbons (Fsp3) is 0.500. The maximum Gasteiger partial charge on any atom is 0.314 e. The molecule has 2 fully saturated rings. The standard InChI is InChI=1S/C16H19NO4/c1-15(7-2-10-21-15)13(18)17-12-5-3-11(4-6-12)16(8-9-16)14(19)20/h3-6H,2,7-10H2,1H3,(H,17,18)(H,19,20). The van der Waals surface area contributed by atoms with Crippen molar-refractivity contribution in [1.82, 2.24) is 0 Å². The third kappa shape index (κ3) is 2.42. The highest BCUT2D eigenvalue weighted by atomic mass is 16.5. The molecule has 1 saturated heterocycles. The Bertz CT molecular complexity index is 568. The van der Waals surface area contributed by atoms with E-state index >= 15 is 0 Å². The van der Waals surface area contributed by atoms with E-state index in [1.165, 1.54) is 0 Å². The predicted molar refractivity (Wildman–Crippen MR) is 77.2 cm³/mol. The molecule has 21 heavy (non-hydrogen) atoms. The highest BCUT2D eigenvalue weighted by Crippen LogP contribution is 2.48. The van der Waals surface area contributed by atoms with Gasteiger partial charge >= 0.3 is 5.97 Å². The Balaban J connectivity index is 1.70. The molecule has 5 heteroatoms. The summed E-state index contributed by atoms with van der Waals surface area (Å²) >= 11 is 0. The number of carbonyl (C=O) groups excluding carboxylic acids is 1. The fourth-order valence-electron chi connectivity index (χ4n) is 2.85. The number of rotatable bonds is 4. The first-order valence-electron chi connectivity index (χ1n) is 7.26. The molecule has 1 aliphatic heterocycles. The van der Waals surface area contributed by atoms with Gasteiger partial charge in [0.2, 0.25) is 0 Å². The van der Waals surface area contributed by atoms with Gasteiger partial charge in [0.25, 0.3) is 5.91 Å². The van der Waals surface area contributed by atoms with Crippen molar-refractivity contribution in [3.8, 4) is 0 Å². The van der Waals surface area contributed by atoms with Gasteiger partial charge in [-0.25, -0.2) is 0 Å². The molecule has 0 radical (unpaired) electrons. The van der Waals surface area contributed by atoms with Gasteiger partial charge in [0.1, 0.15) is 5.60 Å². The van der Waals surface area contributed by atoms with E-state index in [1.807, 2.05) is 0 Å². The molecule has 1 aromatic carbocycles. The number of benzene rings is 1. The lowest BCUT2D eigenvalue weighted by Gasteiger charge is -2.22. The quantitative estimate of drug-likeness (QED) is 0.892. The molecule has 1 unspecified atom stereocenters. The molecule has 112 valence electrons. The Morgan fingerprint density at radius 2 is 1.86 bits per heavy atom. The second-order valence-corrected chi connectivity index (χ2v) is 6.10. The summed E-state index contributed by atoms with van der Waals surface area (Å²) in [7, 11) is 0. The Labute approximate surface area is 123 Å². The lowest BCUT2D eigenvalue weighted by molar-refractivity contribution is -0.140. The summed E-state index contributed by atoms with van der Waals surface area (Å²) in [5, 5.41) is 12.1. The molecule has 1 saturated carbocycles. The van der Waals surface area contributed by atoms with Gasteiger partial charge in [-0.1, -0.05) is 12.1 Å². The number of carbonyl (C=O) groups is 2. The van der Waals surface area contributed by atoms with Gasteiger partial charge in [-0.15, -0.1) is 0 Å². The second kappa shape index (κ2) is 4.84. The van der Waals surface area contributed by atoms with Crippen molar-refractivity contribution >= 4 is 17.6 Å². The highest BCUT2D eigenvalue weighted by Gasteiger charge is 2.51. The molecule has 0 aromatic heterocycles. The summed E-state index contributed by atoms with van der Waals surface area (Å²) in [6.45, 7) is 2.41. The maximum atomic E-state index is 12.2. The average molecular weight is 289 g/mol. The number of aliphatic carboxylic acids is 1.